The van der Waals surface area contributed by atoms with Gasteiger partial charge in [-0.1, -0.05) is 98.4 Å². The molecule has 5 aromatic rings. The highest BCUT2D eigenvalue weighted by molar-refractivity contribution is 7.20. The largest absolute Gasteiger partial charge is 0.371 e. The van der Waals surface area contributed by atoms with Crippen LogP contribution < -0.4 is 0 Å². The maximum atomic E-state index is 12.8. The molecule has 0 radical (unpaired) electrons. The zero-order valence-electron chi connectivity index (χ0n) is 25.7. The van der Waals surface area contributed by atoms with Crippen molar-refractivity contribution in [3.05, 3.63) is 148 Å². The molecule has 6 rings (SSSR count). The first-order valence-electron chi connectivity index (χ1n) is 15.4. The first-order valence-corrected chi connectivity index (χ1v) is 16.2. The van der Waals surface area contributed by atoms with E-state index < -0.39 is 18.0 Å². The lowest BCUT2D eigenvalue weighted by Crippen LogP contribution is -2.58. The van der Waals surface area contributed by atoms with E-state index in [-0.39, 0.29) is 6.10 Å². The van der Waals surface area contributed by atoms with Crippen molar-refractivity contribution >= 4 is 27.0 Å². The predicted octanol–water partition coefficient (Wildman–Crippen LogP) is 9.09. The molecule has 226 valence electrons. The molecule has 5 heteroatoms. The third kappa shape index (κ3) is 6.30. The zero-order chi connectivity index (χ0) is 30.7. The summed E-state index contributed by atoms with van der Waals surface area (Å²) in [5, 5.41) is 14.0. The van der Waals surface area contributed by atoms with Gasteiger partial charge in [-0.25, -0.2) is 0 Å². The lowest BCUT2D eigenvalue weighted by Gasteiger charge is -2.47. The van der Waals surface area contributed by atoms with Crippen molar-refractivity contribution in [3.63, 3.8) is 0 Å². The average Bonchev–Trinajstić information content (AvgIpc) is 3.48. The summed E-state index contributed by atoms with van der Waals surface area (Å²) in [6.45, 7) is 11.5. The van der Waals surface area contributed by atoms with Gasteiger partial charge in [0.15, 0.2) is 0 Å². The summed E-state index contributed by atoms with van der Waals surface area (Å²) < 4.78 is 21.1. The number of aryl methyl sites for hydroxylation is 2. The number of ether oxygens (including phenoxy) is 3. The van der Waals surface area contributed by atoms with Crippen molar-refractivity contribution in [2.45, 2.75) is 70.9 Å². The summed E-state index contributed by atoms with van der Waals surface area (Å²) in [7, 11) is 0. The molecule has 2 heterocycles. The van der Waals surface area contributed by atoms with Gasteiger partial charge < -0.3 is 19.3 Å². The van der Waals surface area contributed by atoms with Crippen LogP contribution in [0.25, 0.3) is 15.7 Å². The lowest BCUT2D eigenvalue weighted by atomic mass is 9.84. The van der Waals surface area contributed by atoms with Crippen molar-refractivity contribution in [2.24, 2.45) is 0 Å². The van der Waals surface area contributed by atoms with Crippen molar-refractivity contribution < 1.29 is 19.3 Å². The second-order valence-corrected chi connectivity index (χ2v) is 12.8. The lowest BCUT2D eigenvalue weighted by molar-refractivity contribution is -0.347. The van der Waals surface area contributed by atoms with Crippen molar-refractivity contribution in [1.29, 1.82) is 0 Å². The molecule has 0 spiro atoms. The van der Waals surface area contributed by atoms with Gasteiger partial charge in [0.05, 0.1) is 25.4 Å². The summed E-state index contributed by atoms with van der Waals surface area (Å²) in [6.07, 6.45) is 0.00800. The fourth-order valence-electron chi connectivity index (χ4n) is 6.21. The molecule has 0 saturated carbocycles. The standard InChI is InChI=1S/C39H40O4S/c1-5-32-22-35(41-24-29-14-8-6-9-15-29)38(42-25-30-16-10-7-11-17-30)39(40,43-32)34-23-33(26(2)20-27(34)3)28(4)37-21-31-18-12-13-19-36(31)44-37/h6-21,23,32,35,38,40H,4-5,22,24-25H2,1-3H3/t32-,35+,38-,39?/m1/s1. The zero-order valence-corrected chi connectivity index (χ0v) is 26.5. The topological polar surface area (TPSA) is 47.9 Å². The number of fused-ring (bicyclic) bond motifs is 1. The number of benzene rings is 4. The van der Waals surface area contributed by atoms with Crippen LogP contribution in [0.5, 0.6) is 0 Å². The summed E-state index contributed by atoms with van der Waals surface area (Å²) in [4.78, 5) is 1.10. The van der Waals surface area contributed by atoms with Crippen LogP contribution in [-0.4, -0.2) is 23.4 Å². The molecule has 1 N–H and O–H groups in total. The second-order valence-electron chi connectivity index (χ2n) is 11.7. The van der Waals surface area contributed by atoms with Gasteiger partial charge in [-0.2, -0.15) is 0 Å². The molecule has 1 aromatic heterocycles. The molecule has 44 heavy (non-hydrogen) atoms. The minimum Gasteiger partial charge on any atom is -0.371 e. The molecular formula is C39H40O4S. The maximum absolute atomic E-state index is 12.8. The van der Waals surface area contributed by atoms with Crippen LogP contribution in [0.1, 0.15) is 58.0 Å². The molecule has 1 aliphatic heterocycles. The van der Waals surface area contributed by atoms with Crippen molar-refractivity contribution in [1.82, 2.24) is 0 Å². The fourth-order valence-corrected chi connectivity index (χ4v) is 7.26. The monoisotopic (exact) mass is 604 g/mol. The maximum Gasteiger partial charge on any atom is 0.222 e. The van der Waals surface area contributed by atoms with Crippen molar-refractivity contribution in [3.8, 4) is 0 Å². The van der Waals surface area contributed by atoms with Crippen LogP contribution in [-0.2, 0) is 33.2 Å². The highest BCUT2D eigenvalue weighted by Crippen LogP contribution is 2.44. The predicted molar refractivity (Wildman–Crippen MR) is 180 cm³/mol. The Labute approximate surface area is 264 Å². The minimum atomic E-state index is -1.73. The van der Waals surface area contributed by atoms with E-state index in [1.54, 1.807) is 11.3 Å². The molecule has 1 fully saturated rings. The molecule has 4 nitrogen and oxygen atoms in total. The Bertz CT molecular complexity index is 1690. The van der Waals surface area contributed by atoms with Gasteiger partial charge in [0.25, 0.3) is 0 Å². The molecule has 1 aliphatic rings. The van der Waals surface area contributed by atoms with Crippen LogP contribution in [0.15, 0.2) is 110 Å². The van der Waals surface area contributed by atoms with Gasteiger partial charge in [-0.3, -0.25) is 0 Å². The van der Waals surface area contributed by atoms with E-state index in [0.717, 1.165) is 44.7 Å². The molecule has 1 unspecified atom stereocenters. The molecule has 0 bridgehead atoms. The van der Waals surface area contributed by atoms with Crippen LogP contribution in [0.4, 0.5) is 0 Å². The SMILES string of the molecule is C=C(c1cc2ccccc2s1)c1cc(C2(O)O[C@H](CC)C[C@H](OCc3ccccc3)[C@H]2OCc2ccccc2)c(C)cc1C. The van der Waals surface area contributed by atoms with E-state index in [0.29, 0.717) is 25.2 Å². The van der Waals surface area contributed by atoms with E-state index >= 15 is 0 Å². The van der Waals surface area contributed by atoms with Gasteiger partial charge in [0.1, 0.15) is 6.10 Å². The minimum absolute atomic E-state index is 0.202. The fraction of sp³-hybridized carbons (Fsp3) is 0.282. The van der Waals surface area contributed by atoms with Crippen LogP contribution in [0.3, 0.4) is 0 Å². The van der Waals surface area contributed by atoms with Gasteiger partial charge in [0, 0.05) is 21.6 Å². The number of thiophene rings is 1. The normalized spacial score (nSPS) is 21.9. The Morgan fingerprint density at radius 3 is 2.16 bits per heavy atom. The van der Waals surface area contributed by atoms with Crippen LogP contribution >= 0.6 is 11.3 Å². The number of rotatable bonds is 10. The van der Waals surface area contributed by atoms with Gasteiger partial charge in [0.2, 0.25) is 5.79 Å². The Hall–Kier alpha value is -3.58. The molecule has 4 aromatic carbocycles. The van der Waals surface area contributed by atoms with Gasteiger partial charge >= 0.3 is 0 Å². The highest BCUT2D eigenvalue weighted by atomic mass is 32.1. The third-order valence-corrected chi connectivity index (χ3v) is 9.78. The molecule has 0 amide bonds. The first kappa shape index (κ1) is 30.4. The summed E-state index contributed by atoms with van der Waals surface area (Å²) >= 11 is 1.73. The van der Waals surface area contributed by atoms with E-state index in [1.165, 1.54) is 10.1 Å². The van der Waals surface area contributed by atoms with E-state index in [2.05, 4.69) is 75.0 Å². The highest BCUT2D eigenvalue weighted by Gasteiger charge is 2.52. The van der Waals surface area contributed by atoms with E-state index in [9.17, 15) is 5.11 Å². The van der Waals surface area contributed by atoms with Crippen LogP contribution in [0, 0.1) is 13.8 Å². The Morgan fingerprint density at radius 2 is 1.50 bits per heavy atom. The Morgan fingerprint density at radius 1 is 0.864 bits per heavy atom. The quantitative estimate of drug-likeness (QED) is 0.173. The first-order chi connectivity index (χ1) is 21.4. The number of hydrogen-bond acceptors (Lipinski definition) is 5. The smallest absolute Gasteiger partial charge is 0.222 e. The molecular weight excluding hydrogens is 564 g/mol. The summed E-state index contributed by atoms with van der Waals surface area (Å²) in [5.41, 5.74) is 6.72. The Balaban J connectivity index is 1.40. The van der Waals surface area contributed by atoms with Gasteiger partial charge in [-0.05, 0) is 77.2 Å². The molecule has 4 atom stereocenters. The number of aliphatic hydroxyl groups is 1. The second kappa shape index (κ2) is 13.2. The number of hydrogen-bond donors (Lipinski definition) is 1. The summed E-state index contributed by atoms with van der Waals surface area (Å²) in [6, 6.07) is 34.9. The molecule has 0 aliphatic carbocycles. The van der Waals surface area contributed by atoms with E-state index in [1.807, 2.05) is 55.5 Å². The summed E-state index contributed by atoms with van der Waals surface area (Å²) in [5.74, 6) is -1.73. The Kier molecular flexibility index (Phi) is 9.13. The van der Waals surface area contributed by atoms with E-state index in [4.69, 9.17) is 14.2 Å². The average molecular weight is 605 g/mol. The van der Waals surface area contributed by atoms with Crippen LogP contribution in [0.2, 0.25) is 0 Å². The van der Waals surface area contributed by atoms with Gasteiger partial charge in [-0.15, -0.1) is 11.3 Å². The third-order valence-electron chi connectivity index (χ3n) is 8.60. The van der Waals surface area contributed by atoms with Crippen molar-refractivity contribution in [2.75, 3.05) is 0 Å². The molecule has 1 saturated heterocycles.